The molecule has 0 amide bonds. The first-order valence-corrected chi connectivity index (χ1v) is 5.59. The van der Waals surface area contributed by atoms with E-state index in [-0.39, 0.29) is 12.2 Å². The summed E-state index contributed by atoms with van der Waals surface area (Å²) in [4.78, 5) is 2.28. The van der Waals surface area contributed by atoms with Gasteiger partial charge in [-0.15, -0.1) is 0 Å². The lowest BCUT2D eigenvalue weighted by Crippen LogP contribution is -2.45. The Balaban J connectivity index is 1.97. The number of nitrogens with zero attached hydrogens (tertiary/aromatic N) is 2. The largest absolute Gasteiger partial charge is 0.358 e. The highest BCUT2D eigenvalue weighted by Crippen LogP contribution is 2.13. The van der Waals surface area contributed by atoms with Crippen LogP contribution in [0.4, 0.5) is 0 Å². The van der Waals surface area contributed by atoms with Gasteiger partial charge in [0.25, 0.3) is 0 Å². The molecule has 3 nitrogen and oxygen atoms in total. The van der Waals surface area contributed by atoms with E-state index in [1.54, 1.807) is 0 Å². The van der Waals surface area contributed by atoms with Gasteiger partial charge in [0.2, 0.25) is 0 Å². The second-order valence-corrected chi connectivity index (χ2v) is 4.24. The van der Waals surface area contributed by atoms with E-state index in [0.717, 1.165) is 13.1 Å². The third-order valence-corrected chi connectivity index (χ3v) is 2.73. The van der Waals surface area contributed by atoms with E-state index in [1.165, 1.54) is 5.56 Å². The fourth-order valence-electron chi connectivity index (χ4n) is 2.08. The van der Waals surface area contributed by atoms with Gasteiger partial charge in [-0.3, -0.25) is 4.90 Å². The lowest BCUT2D eigenvalue weighted by atomic mass is 10.1. The Kier molecular flexibility index (Phi) is 3.55. The van der Waals surface area contributed by atoms with Crippen LogP contribution in [0.5, 0.6) is 0 Å². The normalized spacial score (nSPS) is 26.2. The van der Waals surface area contributed by atoms with Crippen molar-refractivity contribution in [3.8, 4) is 6.07 Å². The first-order valence-electron chi connectivity index (χ1n) is 5.59. The molecule has 84 valence electrons. The SMILES string of the molecule is C[C@@H]1CN(Cc2ccccc2)C[C@H](C#N)O1. The summed E-state index contributed by atoms with van der Waals surface area (Å²) >= 11 is 0. The van der Waals surface area contributed by atoms with Crippen LogP contribution in [0.3, 0.4) is 0 Å². The minimum Gasteiger partial charge on any atom is -0.358 e. The highest BCUT2D eigenvalue weighted by atomic mass is 16.5. The van der Waals surface area contributed by atoms with Gasteiger partial charge in [-0.25, -0.2) is 0 Å². The fraction of sp³-hybridized carbons (Fsp3) is 0.462. The predicted molar refractivity (Wildman–Crippen MR) is 61.7 cm³/mol. The van der Waals surface area contributed by atoms with Crippen LogP contribution in [0.25, 0.3) is 0 Å². The van der Waals surface area contributed by atoms with Crippen molar-refractivity contribution in [2.24, 2.45) is 0 Å². The van der Waals surface area contributed by atoms with Gasteiger partial charge in [-0.2, -0.15) is 5.26 Å². The van der Waals surface area contributed by atoms with Crippen LogP contribution in [0.2, 0.25) is 0 Å². The standard InChI is InChI=1S/C13H16N2O/c1-11-8-15(10-13(7-14)16-11)9-12-5-3-2-4-6-12/h2-6,11,13H,8-10H2,1H3/t11-,13+/m1/s1. The topological polar surface area (TPSA) is 36.3 Å². The van der Waals surface area contributed by atoms with Gasteiger partial charge in [0.15, 0.2) is 6.10 Å². The summed E-state index contributed by atoms with van der Waals surface area (Å²) in [6, 6.07) is 12.5. The minimum absolute atomic E-state index is 0.141. The molecule has 0 radical (unpaired) electrons. The van der Waals surface area contributed by atoms with Crippen LogP contribution >= 0.6 is 0 Å². The summed E-state index contributed by atoms with van der Waals surface area (Å²) in [6.07, 6.45) is -0.144. The zero-order valence-corrected chi connectivity index (χ0v) is 9.47. The molecule has 2 rings (SSSR count). The molecule has 0 spiro atoms. The average Bonchev–Trinajstić information content (AvgIpc) is 2.29. The lowest BCUT2D eigenvalue weighted by Gasteiger charge is -2.33. The Morgan fingerprint density at radius 1 is 1.38 bits per heavy atom. The molecule has 1 heterocycles. The van der Waals surface area contributed by atoms with Gasteiger partial charge < -0.3 is 4.74 Å². The summed E-state index contributed by atoms with van der Waals surface area (Å²) in [5.74, 6) is 0. The Morgan fingerprint density at radius 2 is 2.12 bits per heavy atom. The average molecular weight is 216 g/mol. The van der Waals surface area contributed by atoms with E-state index in [2.05, 4.69) is 23.1 Å². The zero-order chi connectivity index (χ0) is 11.4. The zero-order valence-electron chi connectivity index (χ0n) is 9.47. The van der Waals surface area contributed by atoms with Crippen molar-refractivity contribution in [1.29, 1.82) is 5.26 Å². The van der Waals surface area contributed by atoms with E-state index in [1.807, 2.05) is 25.1 Å². The summed E-state index contributed by atoms with van der Waals surface area (Å²) in [6.45, 7) is 4.51. The van der Waals surface area contributed by atoms with Crippen molar-refractivity contribution in [1.82, 2.24) is 4.90 Å². The van der Waals surface area contributed by atoms with E-state index in [0.29, 0.717) is 6.54 Å². The minimum atomic E-state index is -0.285. The van der Waals surface area contributed by atoms with Crippen molar-refractivity contribution in [3.05, 3.63) is 35.9 Å². The van der Waals surface area contributed by atoms with Crippen molar-refractivity contribution in [2.45, 2.75) is 25.7 Å². The Morgan fingerprint density at radius 3 is 2.81 bits per heavy atom. The number of rotatable bonds is 2. The third kappa shape index (κ3) is 2.82. The molecule has 3 heteroatoms. The monoisotopic (exact) mass is 216 g/mol. The van der Waals surface area contributed by atoms with Crippen LogP contribution in [0.15, 0.2) is 30.3 Å². The Labute approximate surface area is 96.2 Å². The van der Waals surface area contributed by atoms with E-state index < -0.39 is 0 Å². The molecule has 16 heavy (non-hydrogen) atoms. The molecule has 0 unspecified atom stereocenters. The van der Waals surface area contributed by atoms with Crippen LogP contribution in [-0.2, 0) is 11.3 Å². The van der Waals surface area contributed by atoms with Crippen molar-refractivity contribution >= 4 is 0 Å². The summed E-state index contributed by atoms with van der Waals surface area (Å²) in [7, 11) is 0. The summed E-state index contributed by atoms with van der Waals surface area (Å²) in [5, 5.41) is 8.89. The molecule has 0 bridgehead atoms. The number of morpholine rings is 1. The molecule has 1 fully saturated rings. The smallest absolute Gasteiger partial charge is 0.156 e. The lowest BCUT2D eigenvalue weighted by molar-refractivity contribution is -0.0542. The maximum atomic E-state index is 8.89. The second-order valence-electron chi connectivity index (χ2n) is 4.24. The van der Waals surface area contributed by atoms with Gasteiger partial charge >= 0.3 is 0 Å². The number of ether oxygens (including phenoxy) is 1. The molecule has 2 atom stereocenters. The maximum absolute atomic E-state index is 8.89. The van der Waals surface area contributed by atoms with E-state index in [9.17, 15) is 0 Å². The molecule has 1 aromatic rings. The number of benzene rings is 1. The van der Waals surface area contributed by atoms with Gasteiger partial charge in [0.1, 0.15) is 0 Å². The summed E-state index contributed by atoms with van der Waals surface area (Å²) in [5.41, 5.74) is 1.29. The van der Waals surface area contributed by atoms with Crippen LogP contribution in [0.1, 0.15) is 12.5 Å². The molecule has 0 saturated carbocycles. The van der Waals surface area contributed by atoms with Gasteiger partial charge in [-0.1, -0.05) is 30.3 Å². The van der Waals surface area contributed by atoms with Gasteiger partial charge in [0.05, 0.1) is 12.2 Å². The van der Waals surface area contributed by atoms with Gasteiger partial charge in [0, 0.05) is 19.6 Å². The second kappa shape index (κ2) is 5.11. The fourth-order valence-corrected chi connectivity index (χ4v) is 2.08. The van der Waals surface area contributed by atoms with E-state index in [4.69, 9.17) is 10.00 Å². The number of hydrogen-bond donors (Lipinski definition) is 0. The van der Waals surface area contributed by atoms with Crippen molar-refractivity contribution < 1.29 is 4.74 Å². The molecule has 0 N–H and O–H groups in total. The van der Waals surface area contributed by atoms with Crippen molar-refractivity contribution in [2.75, 3.05) is 13.1 Å². The van der Waals surface area contributed by atoms with Gasteiger partial charge in [-0.05, 0) is 12.5 Å². The van der Waals surface area contributed by atoms with Crippen LogP contribution in [0, 0.1) is 11.3 Å². The molecule has 1 saturated heterocycles. The molecular formula is C13H16N2O. The maximum Gasteiger partial charge on any atom is 0.156 e. The molecular weight excluding hydrogens is 200 g/mol. The van der Waals surface area contributed by atoms with E-state index >= 15 is 0 Å². The third-order valence-electron chi connectivity index (χ3n) is 2.73. The number of nitriles is 1. The number of hydrogen-bond acceptors (Lipinski definition) is 3. The molecule has 0 aromatic heterocycles. The quantitative estimate of drug-likeness (QED) is 0.756. The summed E-state index contributed by atoms with van der Waals surface area (Å²) < 4.78 is 5.50. The van der Waals surface area contributed by atoms with Crippen molar-refractivity contribution in [3.63, 3.8) is 0 Å². The first-order chi connectivity index (χ1) is 7.78. The molecule has 1 aliphatic heterocycles. The molecule has 1 aromatic carbocycles. The Hall–Kier alpha value is -1.37. The predicted octanol–water partition coefficient (Wildman–Crippen LogP) is 1.80. The van der Waals surface area contributed by atoms with Crippen LogP contribution in [-0.4, -0.2) is 30.2 Å². The van der Waals surface area contributed by atoms with Crippen LogP contribution < -0.4 is 0 Å². The molecule has 0 aliphatic carbocycles. The highest BCUT2D eigenvalue weighted by Gasteiger charge is 2.24. The molecule has 1 aliphatic rings. The first kappa shape index (κ1) is 11.1. The Bertz CT molecular complexity index is 371. The highest BCUT2D eigenvalue weighted by molar-refractivity contribution is 5.14.